The van der Waals surface area contributed by atoms with Crippen molar-refractivity contribution in [3.05, 3.63) is 29.6 Å². The minimum Gasteiger partial charge on any atom is -0.366 e. The van der Waals surface area contributed by atoms with Crippen LogP contribution in [0.5, 0.6) is 0 Å². The normalized spacial score (nSPS) is 14.6. The summed E-state index contributed by atoms with van der Waals surface area (Å²) in [5.74, 6) is -0.0659. The van der Waals surface area contributed by atoms with Crippen molar-refractivity contribution in [2.24, 2.45) is 0 Å². The minimum absolute atomic E-state index is 0.0659. The molecule has 20 heavy (non-hydrogen) atoms. The van der Waals surface area contributed by atoms with E-state index in [1.54, 1.807) is 6.07 Å². The van der Waals surface area contributed by atoms with E-state index in [0.717, 1.165) is 50.1 Å². The van der Waals surface area contributed by atoms with Crippen LogP contribution in [0.25, 0.3) is 0 Å². The van der Waals surface area contributed by atoms with Gasteiger partial charge in [-0.15, -0.1) is 0 Å². The molecule has 1 saturated carbocycles. The Morgan fingerprint density at radius 3 is 2.65 bits per heavy atom. The van der Waals surface area contributed by atoms with E-state index in [-0.39, 0.29) is 5.82 Å². The maximum atomic E-state index is 14.4. The molecule has 0 atom stereocenters. The molecule has 0 aromatic heterocycles. The van der Waals surface area contributed by atoms with E-state index in [1.165, 1.54) is 12.8 Å². The summed E-state index contributed by atoms with van der Waals surface area (Å²) in [7, 11) is 0. The van der Waals surface area contributed by atoms with Crippen LogP contribution < -0.4 is 10.2 Å². The molecule has 1 aromatic rings. The lowest BCUT2D eigenvalue weighted by Crippen LogP contribution is -2.27. The third kappa shape index (κ3) is 4.20. The molecule has 0 radical (unpaired) electrons. The maximum Gasteiger partial charge on any atom is 0.146 e. The van der Waals surface area contributed by atoms with E-state index in [0.29, 0.717) is 6.04 Å². The van der Waals surface area contributed by atoms with E-state index in [9.17, 15) is 4.39 Å². The molecule has 1 aliphatic rings. The zero-order chi connectivity index (χ0) is 14.4. The molecular weight excluding hydrogens is 251 g/mol. The Hall–Kier alpha value is -1.09. The highest BCUT2D eigenvalue weighted by molar-refractivity contribution is 5.51. The average molecular weight is 278 g/mol. The van der Waals surface area contributed by atoms with Crippen LogP contribution in [0.4, 0.5) is 10.1 Å². The van der Waals surface area contributed by atoms with Crippen LogP contribution in [0, 0.1) is 5.82 Å². The first kappa shape index (κ1) is 15.3. The third-order valence-corrected chi connectivity index (χ3v) is 3.82. The number of benzene rings is 1. The first-order chi connectivity index (χ1) is 9.76. The molecule has 3 heteroatoms. The van der Waals surface area contributed by atoms with Gasteiger partial charge in [0.1, 0.15) is 5.82 Å². The monoisotopic (exact) mass is 278 g/mol. The van der Waals surface area contributed by atoms with Gasteiger partial charge in [-0.05, 0) is 49.9 Å². The highest BCUT2D eigenvalue weighted by Crippen LogP contribution is 2.33. The average Bonchev–Trinajstić information content (AvgIpc) is 3.26. The Balaban J connectivity index is 2.02. The first-order valence-corrected chi connectivity index (χ1v) is 8.02. The Labute approximate surface area is 122 Å². The van der Waals surface area contributed by atoms with Gasteiger partial charge in [-0.1, -0.05) is 26.3 Å². The predicted octanol–water partition coefficient (Wildman–Crippen LogP) is 4.09. The summed E-state index contributed by atoms with van der Waals surface area (Å²) >= 11 is 0. The maximum absolute atomic E-state index is 14.4. The number of unbranched alkanes of at least 4 members (excludes halogenated alkanes) is 1. The Morgan fingerprint density at radius 1 is 1.25 bits per heavy atom. The van der Waals surface area contributed by atoms with Crippen LogP contribution in [-0.2, 0) is 6.54 Å². The largest absolute Gasteiger partial charge is 0.366 e. The highest BCUT2D eigenvalue weighted by Gasteiger charge is 2.30. The lowest BCUT2D eigenvalue weighted by Gasteiger charge is -2.25. The van der Waals surface area contributed by atoms with E-state index in [1.807, 2.05) is 6.07 Å². The molecule has 0 aliphatic heterocycles. The molecule has 0 unspecified atom stereocenters. The van der Waals surface area contributed by atoms with Gasteiger partial charge in [0.05, 0.1) is 5.69 Å². The third-order valence-electron chi connectivity index (χ3n) is 3.82. The zero-order valence-electron chi connectivity index (χ0n) is 12.8. The fourth-order valence-electron chi connectivity index (χ4n) is 2.52. The van der Waals surface area contributed by atoms with E-state index < -0.39 is 0 Å². The molecule has 1 aliphatic carbocycles. The van der Waals surface area contributed by atoms with Crippen LogP contribution in [0.2, 0.25) is 0 Å². The van der Waals surface area contributed by atoms with Gasteiger partial charge >= 0.3 is 0 Å². The van der Waals surface area contributed by atoms with Gasteiger partial charge in [-0.25, -0.2) is 4.39 Å². The van der Waals surface area contributed by atoms with Crippen molar-refractivity contribution in [1.29, 1.82) is 0 Å². The van der Waals surface area contributed by atoms with Crippen LogP contribution in [-0.4, -0.2) is 19.1 Å². The van der Waals surface area contributed by atoms with Crippen LogP contribution >= 0.6 is 0 Å². The molecule has 112 valence electrons. The summed E-state index contributed by atoms with van der Waals surface area (Å²) in [4.78, 5) is 2.27. The summed E-state index contributed by atoms with van der Waals surface area (Å²) in [5.41, 5.74) is 1.83. The molecule has 2 rings (SSSR count). The Kier molecular flexibility index (Phi) is 5.84. The molecule has 1 fully saturated rings. The molecular formula is C17H27FN2. The molecule has 2 nitrogen and oxygen atoms in total. The Morgan fingerprint density at radius 2 is 2.05 bits per heavy atom. The first-order valence-electron chi connectivity index (χ1n) is 8.02. The number of rotatable bonds is 9. The Bertz CT molecular complexity index is 415. The van der Waals surface area contributed by atoms with Gasteiger partial charge in [0.25, 0.3) is 0 Å². The molecule has 0 amide bonds. The summed E-state index contributed by atoms with van der Waals surface area (Å²) in [6.45, 7) is 7.03. The minimum atomic E-state index is -0.0659. The topological polar surface area (TPSA) is 15.3 Å². The SMILES string of the molecule is CCCCN(c1ccc(CNCCC)cc1F)C1CC1. The van der Waals surface area contributed by atoms with Crippen molar-refractivity contribution >= 4 is 5.69 Å². The van der Waals surface area contributed by atoms with Crippen molar-refractivity contribution < 1.29 is 4.39 Å². The van der Waals surface area contributed by atoms with Gasteiger partial charge in [-0.2, -0.15) is 0 Å². The highest BCUT2D eigenvalue weighted by atomic mass is 19.1. The number of halogens is 1. The van der Waals surface area contributed by atoms with E-state index in [2.05, 4.69) is 30.1 Å². The number of hydrogen-bond acceptors (Lipinski definition) is 2. The van der Waals surface area contributed by atoms with Gasteiger partial charge in [0.15, 0.2) is 0 Å². The van der Waals surface area contributed by atoms with Crippen molar-refractivity contribution in [3.8, 4) is 0 Å². The number of nitrogens with zero attached hydrogens (tertiary/aromatic N) is 1. The molecule has 0 bridgehead atoms. The molecule has 1 aromatic carbocycles. The smallest absolute Gasteiger partial charge is 0.146 e. The second-order valence-electron chi connectivity index (χ2n) is 5.74. The zero-order valence-corrected chi connectivity index (χ0v) is 12.8. The molecule has 1 N–H and O–H groups in total. The van der Waals surface area contributed by atoms with Crippen LogP contribution in [0.15, 0.2) is 18.2 Å². The standard InChI is InChI=1S/C17H27FN2/c1-3-5-11-20(15-7-8-15)17-9-6-14(12-16(17)18)13-19-10-4-2/h6,9,12,15,19H,3-5,7-8,10-11,13H2,1-2H3. The molecule has 0 saturated heterocycles. The lowest BCUT2D eigenvalue weighted by atomic mass is 10.1. The number of anilines is 1. The van der Waals surface area contributed by atoms with Gasteiger partial charge < -0.3 is 10.2 Å². The predicted molar refractivity (Wildman–Crippen MR) is 83.7 cm³/mol. The summed E-state index contributed by atoms with van der Waals surface area (Å²) in [6, 6.07) is 6.29. The number of nitrogens with one attached hydrogen (secondary N) is 1. The van der Waals surface area contributed by atoms with Gasteiger partial charge in [0.2, 0.25) is 0 Å². The van der Waals surface area contributed by atoms with Crippen molar-refractivity contribution in [2.45, 2.75) is 58.5 Å². The molecule has 0 heterocycles. The summed E-state index contributed by atoms with van der Waals surface area (Å²) in [5, 5.41) is 3.32. The van der Waals surface area contributed by atoms with Crippen LogP contribution in [0.1, 0.15) is 51.5 Å². The summed E-state index contributed by atoms with van der Waals surface area (Å²) < 4.78 is 14.4. The second-order valence-corrected chi connectivity index (χ2v) is 5.74. The van der Waals surface area contributed by atoms with E-state index in [4.69, 9.17) is 0 Å². The molecule has 0 spiro atoms. The fourth-order valence-corrected chi connectivity index (χ4v) is 2.52. The van der Waals surface area contributed by atoms with Crippen molar-refractivity contribution in [3.63, 3.8) is 0 Å². The van der Waals surface area contributed by atoms with Gasteiger partial charge in [0, 0.05) is 19.1 Å². The van der Waals surface area contributed by atoms with Gasteiger partial charge in [-0.3, -0.25) is 0 Å². The lowest BCUT2D eigenvalue weighted by molar-refractivity contribution is 0.603. The van der Waals surface area contributed by atoms with Crippen molar-refractivity contribution in [2.75, 3.05) is 18.0 Å². The second kappa shape index (κ2) is 7.63. The fraction of sp³-hybridized carbons (Fsp3) is 0.647. The van der Waals surface area contributed by atoms with Crippen LogP contribution in [0.3, 0.4) is 0 Å². The van der Waals surface area contributed by atoms with Crippen molar-refractivity contribution in [1.82, 2.24) is 5.32 Å². The summed E-state index contributed by atoms with van der Waals surface area (Å²) in [6.07, 6.45) is 5.82. The van der Waals surface area contributed by atoms with E-state index >= 15 is 0 Å². The quantitative estimate of drug-likeness (QED) is 0.684. The number of hydrogen-bond donors (Lipinski definition) is 1.